The van der Waals surface area contributed by atoms with Gasteiger partial charge in [-0.1, -0.05) is 6.92 Å². The molecule has 3 heteroatoms. The van der Waals surface area contributed by atoms with Crippen LogP contribution in [0.3, 0.4) is 0 Å². The summed E-state index contributed by atoms with van der Waals surface area (Å²) < 4.78 is 18.2. The first kappa shape index (κ1) is 9.96. The van der Waals surface area contributed by atoms with Crippen molar-refractivity contribution in [1.82, 2.24) is 4.98 Å². The summed E-state index contributed by atoms with van der Waals surface area (Å²) in [6, 6.07) is 2.94. The van der Waals surface area contributed by atoms with Gasteiger partial charge in [0, 0.05) is 12.3 Å². The molecule has 0 fully saturated rings. The van der Waals surface area contributed by atoms with Crippen LogP contribution in [0.2, 0.25) is 0 Å². The Hall–Kier alpha value is -1.12. The van der Waals surface area contributed by atoms with E-state index in [2.05, 4.69) is 4.98 Å². The van der Waals surface area contributed by atoms with Crippen molar-refractivity contribution in [1.29, 1.82) is 0 Å². The van der Waals surface area contributed by atoms with Gasteiger partial charge in [0.25, 0.3) is 0 Å². The monoisotopic (exact) mass is 183 g/mol. The molecular formula is C10H14FNO. The Balaban J connectivity index is 2.74. The second kappa shape index (κ2) is 3.73. The fourth-order valence-corrected chi connectivity index (χ4v) is 0.839. The number of aromatic nitrogens is 1. The van der Waals surface area contributed by atoms with Gasteiger partial charge in [-0.25, -0.2) is 4.98 Å². The first-order chi connectivity index (χ1) is 6.03. The van der Waals surface area contributed by atoms with Crippen LogP contribution in [0.4, 0.5) is 4.39 Å². The summed E-state index contributed by atoms with van der Waals surface area (Å²) in [5.41, 5.74) is -0.256. The van der Waals surface area contributed by atoms with Crippen LogP contribution in [0.15, 0.2) is 18.3 Å². The van der Waals surface area contributed by atoms with Crippen LogP contribution in [0.5, 0.6) is 5.75 Å². The molecular weight excluding hydrogens is 169 g/mol. The third-order valence-electron chi connectivity index (χ3n) is 1.94. The summed E-state index contributed by atoms with van der Waals surface area (Å²) in [4.78, 5) is 3.45. The summed E-state index contributed by atoms with van der Waals surface area (Å²) in [5, 5.41) is 0. The lowest BCUT2D eigenvalue weighted by molar-refractivity contribution is 0.104. The third kappa shape index (κ3) is 3.01. The lowest BCUT2D eigenvalue weighted by Gasteiger charge is -2.24. The van der Waals surface area contributed by atoms with E-state index in [1.165, 1.54) is 12.3 Å². The molecule has 0 aliphatic heterocycles. The number of rotatable bonds is 3. The van der Waals surface area contributed by atoms with E-state index in [9.17, 15) is 4.39 Å². The lowest BCUT2D eigenvalue weighted by Crippen LogP contribution is -2.26. The Bertz CT molecular complexity index is 286. The summed E-state index contributed by atoms with van der Waals surface area (Å²) in [6.45, 7) is 5.95. The molecule has 0 bridgehead atoms. The molecule has 1 rings (SSSR count). The molecule has 2 nitrogen and oxygen atoms in total. The molecule has 1 heterocycles. The van der Waals surface area contributed by atoms with Crippen LogP contribution >= 0.6 is 0 Å². The average molecular weight is 183 g/mol. The molecule has 0 saturated carbocycles. The predicted molar refractivity (Wildman–Crippen MR) is 49.2 cm³/mol. The van der Waals surface area contributed by atoms with Crippen LogP contribution in [0.1, 0.15) is 27.2 Å². The van der Waals surface area contributed by atoms with Crippen LogP contribution in [-0.2, 0) is 0 Å². The van der Waals surface area contributed by atoms with Crippen LogP contribution in [0, 0.1) is 5.95 Å². The molecule has 0 N–H and O–H groups in total. The molecule has 13 heavy (non-hydrogen) atoms. The van der Waals surface area contributed by atoms with Crippen LogP contribution in [0.25, 0.3) is 0 Å². The van der Waals surface area contributed by atoms with Gasteiger partial charge in [0.15, 0.2) is 0 Å². The van der Waals surface area contributed by atoms with E-state index in [1.807, 2.05) is 20.8 Å². The molecule has 0 atom stereocenters. The zero-order valence-electron chi connectivity index (χ0n) is 8.17. The quantitative estimate of drug-likeness (QED) is 0.672. The van der Waals surface area contributed by atoms with Gasteiger partial charge >= 0.3 is 0 Å². The van der Waals surface area contributed by atoms with E-state index < -0.39 is 5.95 Å². The van der Waals surface area contributed by atoms with Crippen molar-refractivity contribution in [2.75, 3.05) is 0 Å². The van der Waals surface area contributed by atoms with Crippen molar-refractivity contribution < 1.29 is 9.13 Å². The van der Waals surface area contributed by atoms with E-state index in [-0.39, 0.29) is 5.60 Å². The molecule has 1 aromatic rings. The second-order valence-corrected chi connectivity index (χ2v) is 3.53. The maximum absolute atomic E-state index is 12.7. The van der Waals surface area contributed by atoms with E-state index in [4.69, 9.17) is 4.74 Å². The van der Waals surface area contributed by atoms with Crippen molar-refractivity contribution in [2.24, 2.45) is 0 Å². The normalized spacial score (nSPS) is 11.4. The highest BCUT2D eigenvalue weighted by atomic mass is 19.1. The molecule has 72 valence electrons. The van der Waals surface area contributed by atoms with Crippen LogP contribution in [-0.4, -0.2) is 10.6 Å². The molecule has 0 saturated heterocycles. The van der Waals surface area contributed by atoms with Gasteiger partial charge in [-0.3, -0.25) is 0 Å². The maximum atomic E-state index is 12.7. The minimum atomic E-state index is -0.510. The maximum Gasteiger partial charge on any atom is 0.216 e. The number of pyridine rings is 1. The molecule has 0 radical (unpaired) electrons. The van der Waals surface area contributed by atoms with Crippen molar-refractivity contribution in [3.8, 4) is 5.75 Å². The minimum absolute atomic E-state index is 0.256. The van der Waals surface area contributed by atoms with Gasteiger partial charge in [-0.05, 0) is 26.3 Å². The highest BCUT2D eigenvalue weighted by Gasteiger charge is 2.16. The van der Waals surface area contributed by atoms with Gasteiger partial charge in [0.2, 0.25) is 5.95 Å². The number of ether oxygens (including phenoxy) is 1. The lowest BCUT2D eigenvalue weighted by atomic mass is 10.1. The number of hydrogen-bond acceptors (Lipinski definition) is 2. The Morgan fingerprint density at radius 2 is 2.23 bits per heavy atom. The molecule has 0 spiro atoms. The molecule has 0 aliphatic rings. The molecule has 0 aromatic carbocycles. The summed E-state index contributed by atoms with van der Waals surface area (Å²) in [6.07, 6.45) is 2.27. The fraction of sp³-hybridized carbons (Fsp3) is 0.500. The molecule has 0 amide bonds. The van der Waals surface area contributed by atoms with E-state index in [0.717, 1.165) is 6.42 Å². The Morgan fingerprint density at radius 1 is 1.54 bits per heavy atom. The van der Waals surface area contributed by atoms with E-state index >= 15 is 0 Å². The first-order valence-electron chi connectivity index (χ1n) is 4.34. The zero-order valence-corrected chi connectivity index (χ0v) is 8.17. The van der Waals surface area contributed by atoms with Crippen molar-refractivity contribution in [3.05, 3.63) is 24.3 Å². The average Bonchev–Trinajstić information content (AvgIpc) is 2.03. The van der Waals surface area contributed by atoms with E-state index in [1.54, 1.807) is 6.07 Å². The standard InChI is InChI=1S/C10H14FNO/c1-4-10(2,3)13-8-5-6-12-9(11)7-8/h5-7H,4H2,1-3H3. The Kier molecular flexibility index (Phi) is 2.86. The second-order valence-electron chi connectivity index (χ2n) is 3.53. The van der Waals surface area contributed by atoms with Crippen molar-refractivity contribution in [2.45, 2.75) is 32.8 Å². The molecule has 1 aromatic heterocycles. The first-order valence-corrected chi connectivity index (χ1v) is 4.34. The highest BCUT2D eigenvalue weighted by molar-refractivity contribution is 5.18. The number of hydrogen-bond donors (Lipinski definition) is 0. The topological polar surface area (TPSA) is 22.1 Å². The van der Waals surface area contributed by atoms with Gasteiger partial charge in [0.05, 0.1) is 0 Å². The number of halogens is 1. The van der Waals surface area contributed by atoms with Crippen molar-refractivity contribution in [3.63, 3.8) is 0 Å². The molecule has 0 aliphatic carbocycles. The predicted octanol–water partition coefficient (Wildman–Crippen LogP) is 2.79. The highest BCUT2D eigenvalue weighted by Crippen LogP contribution is 2.20. The minimum Gasteiger partial charge on any atom is -0.488 e. The molecule has 0 unspecified atom stereocenters. The van der Waals surface area contributed by atoms with Crippen molar-refractivity contribution >= 4 is 0 Å². The van der Waals surface area contributed by atoms with Crippen LogP contribution < -0.4 is 4.74 Å². The Morgan fingerprint density at radius 3 is 2.77 bits per heavy atom. The SMILES string of the molecule is CCC(C)(C)Oc1ccnc(F)c1. The van der Waals surface area contributed by atoms with Gasteiger partial charge in [-0.15, -0.1) is 0 Å². The smallest absolute Gasteiger partial charge is 0.216 e. The van der Waals surface area contributed by atoms with E-state index in [0.29, 0.717) is 5.75 Å². The van der Waals surface area contributed by atoms with Gasteiger partial charge in [0.1, 0.15) is 11.4 Å². The Labute approximate surface area is 77.8 Å². The largest absolute Gasteiger partial charge is 0.488 e. The summed E-state index contributed by atoms with van der Waals surface area (Å²) >= 11 is 0. The number of nitrogens with zero attached hydrogens (tertiary/aromatic N) is 1. The van der Waals surface area contributed by atoms with Gasteiger partial charge < -0.3 is 4.74 Å². The van der Waals surface area contributed by atoms with Gasteiger partial charge in [-0.2, -0.15) is 4.39 Å². The third-order valence-corrected chi connectivity index (χ3v) is 1.94. The fourth-order valence-electron chi connectivity index (χ4n) is 0.839. The zero-order chi connectivity index (χ0) is 9.90. The summed E-state index contributed by atoms with van der Waals surface area (Å²) in [5.74, 6) is 0.0174. The summed E-state index contributed by atoms with van der Waals surface area (Å²) in [7, 11) is 0.